The molecule has 352 valence electrons. The van der Waals surface area contributed by atoms with Gasteiger partial charge in [0.1, 0.15) is 19.6 Å². The molecule has 4 aromatic rings. The van der Waals surface area contributed by atoms with E-state index < -0.39 is 152 Å². The van der Waals surface area contributed by atoms with E-state index in [9.17, 15) is 113 Å². The van der Waals surface area contributed by atoms with Crippen molar-refractivity contribution in [3.8, 4) is 0 Å². The Morgan fingerprint density at radius 2 is 0.412 bits per heavy atom. The molecule has 4 aromatic carbocycles. The van der Waals surface area contributed by atoms with E-state index in [0.29, 0.717) is 0 Å². The van der Waals surface area contributed by atoms with Gasteiger partial charge in [0.05, 0.1) is 47.8 Å². The van der Waals surface area contributed by atoms with Crippen LogP contribution in [0, 0.1) is 0 Å². The zero-order chi connectivity index (χ0) is 50.0. The average molecular weight is 1170 g/mol. The van der Waals surface area contributed by atoms with Crippen molar-refractivity contribution in [2.45, 2.75) is 19.6 Å². The van der Waals surface area contributed by atoms with Gasteiger partial charge in [-0.15, -0.1) is 0 Å². The second-order valence-electron chi connectivity index (χ2n) is 10.9. The van der Waals surface area contributed by atoms with Crippen molar-refractivity contribution in [2.75, 3.05) is 0 Å². The summed E-state index contributed by atoms with van der Waals surface area (Å²) in [5, 5.41) is 84.6. The van der Waals surface area contributed by atoms with Gasteiger partial charge in [0.15, 0.2) is 0 Å². The second kappa shape index (κ2) is 28.0. The van der Waals surface area contributed by atoms with Crippen LogP contribution in [0.4, 0.5) is 0 Å². The Morgan fingerprint density at radius 1 is 0.279 bits per heavy atom. The van der Waals surface area contributed by atoms with Crippen LogP contribution in [-0.4, -0.2) is 99.6 Å². The van der Waals surface area contributed by atoms with E-state index in [1.165, 1.54) is 0 Å². The SMILES string of the molecule is O=C([O-])c1cccc(S(=O)(=O)O)c1C(=O)[O-].O=C([O-])c1cccc(S(=O)(=O)O)c1C(=O)[O-].O=C([O-])c1cccc(S(=O)(=O)O)c1C(=O)[O-].O=C([O-])c1cccc(S(=O)(=O)O)c1C(=O)[O-].[Ti+2].[Ti+2].[Ti+2].[Ti+2]. The predicted molar refractivity (Wildman–Crippen MR) is 180 cm³/mol. The quantitative estimate of drug-likeness (QED) is 0.0756. The van der Waals surface area contributed by atoms with Gasteiger partial charge in [0, 0.05) is 44.5 Å². The molecule has 0 aliphatic rings. The molecule has 0 fully saturated rings. The fourth-order valence-electron chi connectivity index (χ4n) is 4.51. The van der Waals surface area contributed by atoms with E-state index in [1.54, 1.807) is 0 Å². The third-order valence-corrected chi connectivity index (χ3v) is 10.5. The fraction of sp³-hybridized carbons (Fsp3) is 0. The predicted octanol–water partition coefficient (Wildman–Crippen LogP) is -9.37. The summed E-state index contributed by atoms with van der Waals surface area (Å²) < 4.78 is 121. The maximum Gasteiger partial charge on any atom is 2.00 e. The molecule has 4 N–H and O–H groups in total. The molecule has 68 heavy (non-hydrogen) atoms. The summed E-state index contributed by atoms with van der Waals surface area (Å²) in [5.41, 5.74) is -8.06. The molecule has 0 spiro atoms. The molecule has 0 atom stereocenters. The molecule has 0 radical (unpaired) electrons. The minimum atomic E-state index is -4.85. The van der Waals surface area contributed by atoms with Crippen LogP contribution in [0.25, 0.3) is 0 Å². The molecule has 28 nitrogen and oxygen atoms in total. The Balaban J connectivity index is -0.000000394. The number of hydrogen-bond donors (Lipinski definition) is 4. The molecule has 0 bridgehead atoms. The van der Waals surface area contributed by atoms with Gasteiger partial charge in [-0.1, -0.05) is 48.5 Å². The second-order valence-corrected chi connectivity index (χ2v) is 16.5. The summed E-state index contributed by atoms with van der Waals surface area (Å²) in [5.74, 6) is -15.7. The standard InChI is InChI=1S/4C8H6O7S.4Ti/c4*9-7(10)4-2-1-3-5(16(13,14)15)6(4)8(11)12;;;;/h4*1-3H,(H,9,10)(H,11,12)(H,13,14,15);;;;/q;;;;4*+2/p-8. The van der Waals surface area contributed by atoms with Crippen molar-refractivity contribution in [1.82, 2.24) is 0 Å². The molecule has 0 aliphatic heterocycles. The van der Waals surface area contributed by atoms with Crippen LogP contribution in [0.1, 0.15) is 82.9 Å². The number of hydrogen-bond acceptors (Lipinski definition) is 24. The molecule has 36 heteroatoms. The molecular formula is C32H16O28S4Ti4. The zero-order valence-electron chi connectivity index (χ0n) is 32.1. The topological polar surface area (TPSA) is 539 Å². The van der Waals surface area contributed by atoms with Crippen molar-refractivity contribution < 1.29 is 218 Å². The summed E-state index contributed by atoms with van der Waals surface area (Å²) in [6.07, 6.45) is 0. The Kier molecular flexibility index (Phi) is 28.7. The molecule has 0 aromatic heterocycles. The van der Waals surface area contributed by atoms with Gasteiger partial charge in [-0.2, -0.15) is 33.7 Å². The average Bonchev–Trinajstić information content (AvgIpc) is 3.15. The maximum atomic E-state index is 10.8. The molecule has 0 saturated heterocycles. The number of carbonyl (C=O) groups is 8. The number of carboxylic acid groups (broad SMARTS) is 8. The van der Waals surface area contributed by atoms with Crippen LogP contribution in [-0.2, 0) is 127 Å². The Hall–Kier alpha value is -4.86. The molecule has 0 heterocycles. The fourth-order valence-corrected chi connectivity index (χ4v) is 7.31. The largest absolute Gasteiger partial charge is 2.00 e. The normalized spacial score (nSPS) is 10.4. The van der Waals surface area contributed by atoms with Gasteiger partial charge in [-0.3, -0.25) is 18.2 Å². The molecule has 0 amide bonds. The first-order valence-electron chi connectivity index (χ1n) is 15.1. The van der Waals surface area contributed by atoms with Crippen LogP contribution in [0.2, 0.25) is 0 Å². The molecule has 0 aliphatic carbocycles. The van der Waals surface area contributed by atoms with E-state index in [4.69, 9.17) is 18.2 Å². The van der Waals surface area contributed by atoms with Crippen molar-refractivity contribution in [1.29, 1.82) is 0 Å². The summed E-state index contributed by atoms with van der Waals surface area (Å²) in [6, 6.07) is 10.1. The summed E-state index contributed by atoms with van der Waals surface area (Å²) >= 11 is 0. The van der Waals surface area contributed by atoms with Crippen molar-refractivity contribution in [3.05, 3.63) is 117 Å². The van der Waals surface area contributed by atoms with Gasteiger partial charge in [-0.05, 0) is 24.3 Å². The molecular weight excluding hydrogens is 1150 g/mol. The van der Waals surface area contributed by atoms with E-state index in [1.807, 2.05) is 0 Å². The zero-order valence-corrected chi connectivity index (χ0v) is 41.7. The number of rotatable bonds is 12. The van der Waals surface area contributed by atoms with Gasteiger partial charge < -0.3 is 79.2 Å². The first kappa shape index (κ1) is 69.7. The minimum Gasteiger partial charge on any atom is -0.545 e. The Labute approximate surface area is 439 Å². The van der Waals surface area contributed by atoms with E-state index in [0.717, 1.165) is 72.8 Å². The van der Waals surface area contributed by atoms with Crippen LogP contribution < -0.4 is 40.9 Å². The first-order valence-corrected chi connectivity index (χ1v) is 20.9. The van der Waals surface area contributed by atoms with Gasteiger partial charge in [0.2, 0.25) is 0 Å². The van der Waals surface area contributed by atoms with Crippen LogP contribution >= 0.6 is 0 Å². The Morgan fingerprint density at radius 3 is 0.500 bits per heavy atom. The van der Waals surface area contributed by atoms with Crippen molar-refractivity contribution in [3.63, 3.8) is 0 Å². The number of carbonyl (C=O) groups excluding carboxylic acids is 8. The summed E-state index contributed by atoms with van der Waals surface area (Å²) in [7, 11) is -19.4. The maximum absolute atomic E-state index is 10.8. The van der Waals surface area contributed by atoms with Crippen LogP contribution in [0.5, 0.6) is 0 Å². The van der Waals surface area contributed by atoms with Crippen LogP contribution in [0.15, 0.2) is 92.4 Å². The van der Waals surface area contributed by atoms with E-state index >= 15 is 0 Å². The van der Waals surface area contributed by atoms with Crippen LogP contribution in [0.3, 0.4) is 0 Å². The minimum absolute atomic E-state index is 0. The van der Waals surface area contributed by atoms with Gasteiger partial charge in [0.25, 0.3) is 40.5 Å². The summed E-state index contributed by atoms with van der Waals surface area (Å²) in [4.78, 5) is 80.4. The monoisotopic (exact) mass is 1170 g/mol. The van der Waals surface area contributed by atoms with E-state index in [-0.39, 0.29) is 86.9 Å². The smallest absolute Gasteiger partial charge is 0.545 e. The third kappa shape index (κ3) is 19.3. The molecule has 0 saturated carbocycles. The molecule has 4 rings (SSSR count). The molecule has 0 unspecified atom stereocenters. The Bertz CT molecular complexity index is 2670. The third-order valence-electron chi connectivity index (χ3n) is 6.91. The first-order chi connectivity index (χ1) is 29.0. The number of aromatic carboxylic acids is 8. The van der Waals surface area contributed by atoms with Crippen molar-refractivity contribution in [2.24, 2.45) is 0 Å². The number of carboxylic acids is 8. The van der Waals surface area contributed by atoms with Crippen molar-refractivity contribution >= 4 is 88.2 Å². The van der Waals surface area contributed by atoms with Gasteiger partial charge >= 0.3 is 86.9 Å². The summed E-state index contributed by atoms with van der Waals surface area (Å²) in [6.45, 7) is 0. The van der Waals surface area contributed by atoms with E-state index in [2.05, 4.69) is 0 Å². The van der Waals surface area contributed by atoms with Gasteiger partial charge in [-0.25, -0.2) is 0 Å². The number of benzene rings is 4.